The first-order valence-corrected chi connectivity index (χ1v) is 18.5. The van der Waals surface area contributed by atoms with E-state index in [2.05, 4.69) is 13.8 Å². The molecule has 6 N–H and O–H groups in total. The second-order valence-corrected chi connectivity index (χ2v) is 12.5. The van der Waals surface area contributed by atoms with Crippen molar-refractivity contribution in [2.45, 2.75) is 182 Å². The molecule has 282 valence electrons. The van der Waals surface area contributed by atoms with Crippen LogP contribution in [0.3, 0.4) is 0 Å². The first-order chi connectivity index (χ1) is 22.4. The zero-order valence-electron chi connectivity index (χ0n) is 30.7. The van der Waals surface area contributed by atoms with Crippen LogP contribution in [0, 0.1) is 17.8 Å². The summed E-state index contributed by atoms with van der Waals surface area (Å²) in [5, 5.41) is 50.9. The number of carboxylic acid groups (broad SMARTS) is 4. The number of aliphatic hydroxyl groups excluding tert-OH is 2. The summed E-state index contributed by atoms with van der Waals surface area (Å²) in [4.78, 5) is 41.6. The second kappa shape index (κ2) is 41.8. The Hall–Kier alpha value is -2.20. The lowest BCUT2D eigenvalue weighted by Gasteiger charge is -2.14. The number of hydrogen-bond donors (Lipinski definition) is 6. The Morgan fingerprint density at radius 1 is 0.468 bits per heavy atom. The standard InChI is InChI=1S/2C11H22O2.C9H16O4.C6H14O2/c2*1-2-3-4-5-6-7-8-9-10-11(12)13;1-3-6(8(10)11)5-7(4-2)9(12)13;1-6(2-4-7)3-5-8/h2*2-10H2,1H3,(H,12,13);6-7H,3-5H2,1-2H3,(H,10,11)(H,12,13);6-8H,2-5H2,1H3. The van der Waals surface area contributed by atoms with Gasteiger partial charge in [-0.25, -0.2) is 0 Å². The molecule has 0 heterocycles. The zero-order valence-corrected chi connectivity index (χ0v) is 30.7. The van der Waals surface area contributed by atoms with Crippen molar-refractivity contribution >= 4 is 23.9 Å². The fourth-order valence-corrected chi connectivity index (χ4v) is 4.63. The van der Waals surface area contributed by atoms with Gasteiger partial charge in [-0.05, 0) is 50.9 Å². The number of hydrogen-bond acceptors (Lipinski definition) is 6. The van der Waals surface area contributed by atoms with Crippen molar-refractivity contribution in [2.24, 2.45) is 17.8 Å². The van der Waals surface area contributed by atoms with Crippen LogP contribution in [0.1, 0.15) is 182 Å². The fraction of sp³-hybridized carbons (Fsp3) is 0.892. The molecule has 0 spiro atoms. The first kappa shape index (κ1) is 51.6. The Balaban J connectivity index is -0.000000266. The Labute approximate surface area is 286 Å². The van der Waals surface area contributed by atoms with Crippen LogP contribution in [0.5, 0.6) is 0 Å². The largest absolute Gasteiger partial charge is 0.481 e. The molecule has 0 fully saturated rings. The molecule has 10 nitrogen and oxygen atoms in total. The minimum Gasteiger partial charge on any atom is -0.481 e. The van der Waals surface area contributed by atoms with E-state index in [1.54, 1.807) is 13.8 Å². The van der Waals surface area contributed by atoms with Crippen LogP contribution in [-0.2, 0) is 19.2 Å². The fourth-order valence-electron chi connectivity index (χ4n) is 4.63. The minimum atomic E-state index is -0.901. The van der Waals surface area contributed by atoms with Gasteiger partial charge in [-0.2, -0.15) is 0 Å². The molecule has 0 saturated heterocycles. The molecule has 47 heavy (non-hydrogen) atoms. The summed E-state index contributed by atoms with van der Waals surface area (Å²) in [6.07, 6.45) is 22.9. The van der Waals surface area contributed by atoms with Crippen molar-refractivity contribution < 1.29 is 49.8 Å². The topological polar surface area (TPSA) is 190 Å². The zero-order chi connectivity index (χ0) is 36.7. The van der Waals surface area contributed by atoms with Gasteiger partial charge >= 0.3 is 23.9 Å². The van der Waals surface area contributed by atoms with Gasteiger partial charge in [0.1, 0.15) is 0 Å². The molecule has 0 bridgehead atoms. The van der Waals surface area contributed by atoms with Gasteiger partial charge in [0.15, 0.2) is 0 Å². The monoisotopic (exact) mass is 679 g/mol. The Morgan fingerprint density at radius 3 is 0.957 bits per heavy atom. The quantitative estimate of drug-likeness (QED) is 0.0435. The van der Waals surface area contributed by atoms with Gasteiger partial charge in [-0.15, -0.1) is 0 Å². The average molecular weight is 679 g/mol. The minimum absolute atomic E-state index is 0.234. The highest BCUT2D eigenvalue weighted by atomic mass is 16.4. The van der Waals surface area contributed by atoms with Gasteiger partial charge < -0.3 is 30.6 Å². The molecular weight excluding hydrogens is 604 g/mol. The van der Waals surface area contributed by atoms with Gasteiger partial charge in [0.05, 0.1) is 11.8 Å². The molecule has 0 aliphatic carbocycles. The summed E-state index contributed by atoms with van der Waals surface area (Å²) in [6, 6.07) is 0. The molecule has 0 amide bonds. The van der Waals surface area contributed by atoms with Crippen molar-refractivity contribution in [3.8, 4) is 0 Å². The molecule has 2 unspecified atom stereocenters. The molecule has 0 radical (unpaired) electrons. The van der Waals surface area contributed by atoms with E-state index in [1.807, 2.05) is 6.92 Å². The van der Waals surface area contributed by atoms with Crippen molar-refractivity contribution in [2.75, 3.05) is 13.2 Å². The Kier molecular flexibility index (Phi) is 45.9. The molecule has 2 atom stereocenters. The second-order valence-electron chi connectivity index (χ2n) is 12.5. The molecule has 0 aromatic carbocycles. The van der Waals surface area contributed by atoms with E-state index in [1.165, 1.54) is 77.0 Å². The molecule has 0 aromatic heterocycles. The van der Waals surface area contributed by atoms with E-state index >= 15 is 0 Å². The smallest absolute Gasteiger partial charge is 0.306 e. The number of carboxylic acids is 4. The van der Waals surface area contributed by atoms with Crippen molar-refractivity contribution in [3.63, 3.8) is 0 Å². The van der Waals surface area contributed by atoms with E-state index in [9.17, 15) is 19.2 Å². The highest BCUT2D eigenvalue weighted by Gasteiger charge is 2.24. The third-order valence-corrected chi connectivity index (χ3v) is 7.99. The Morgan fingerprint density at radius 2 is 0.745 bits per heavy atom. The third kappa shape index (κ3) is 48.3. The van der Waals surface area contributed by atoms with Crippen LogP contribution in [0.15, 0.2) is 0 Å². The number of rotatable bonds is 28. The lowest BCUT2D eigenvalue weighted by molar-refractivity contribution is -0.146. The number of unbranched alkanes of at least 4 members (excludes halogenated alkanes) is 14. The molecule has 0 rings (SSSR count). The summed E-state index contributed by atoms with van der Waals surface area (Å²) in [6.45, 7) is 10.4. The van der Waals surface area contributed by atoms with E-state index < -0.39 is 35.7 Å². The molecule has 0 aliphatic rings. The van der Waals surface area contributed by atoms with Crippen molar-refractivity contribution in [1.29, 1.82) is 0 Å². The highest BCUT2D eigenvalue weighted by molar-refractivity contribution is 5.73. The van der Waals surface area contributed by atoms with Gasteiger partial charge in [0, 0.05) is 26.1 Å². The van der Waals surface area contributed by atoms with Gasteiger partial charge in [-0.3, -0.25) is 19.2 Å². The predicted molar refractivity (Wildman–Crippen MR) is 190 cm³/mol. The maximum absolute atomic E-state index is 10.6. The third-order valence-electron chi connectivity index (χ3n) is 7.99. The summed E-state index contributed by atoms with van der Waals surface area (Å²) < 4.78 is 0. The van der Waals surface area contributed by atoms with Gasteiger partial charge in [0.25, 0.3) is 0 Å². The SMILES string of the molecule is CC(CCO)CCO.CCC(CC(CC)C(=O)O)C(=O)O.CCCCCCCCCCC(=O)O.CCCCCCCCCCC(=O)O. The van der Waals surface area contributed by atoms with Crippen LogP contribution in [-0.4, -0.2) is 67.7 Å². The van der Waals surface area contributed by atoms with Gasteiger partial charge in [0.2, 0.25) is 0 Å². The lowest BCUT2D eigenvalue weighted by Crippen LogP contribution is -2.21. The van der Waals surface area contributed by atoms with E-state index in [0.29, 0.717) is 31.6 Å². The summed E-state index contributed by atoms with van der Waals surface area (Å²) in [7, 11) is 0. The maximum Gasteiger partial charge on any atom is 0.306 e. The number of aliphatic hydroxyl groups is 2. The highest BCUT2D eigenvalue weighted by Crippen LogP contribution is 2.19. The van der Waals surface area contributed by atoms with Crippen molar-refractivity contribution in [3.05, 3.63) is 0 Å². The summed E-state index contributed by atoms with van der Waals surface area (Å²) >= 11 is 0. The van der Waals surface area contributed by atoms with Crippen molar-refractivity contribution in [1.82, 2.24) is 0 Å². The van der Waals surface area contributed by atoms with Crippen LogP contribution in [0.2, 0.25) is 0 Å². The van der Waals surface area contributed by atoms with Crippen LogP contribution >= 0.6 is 0 Å². The predicted octanol–water partition coefficient (Wildman–Crippen LogP) is 9.19. The normalized spacial score (nSPS) is 11.6. The maximum atomic E-state index is 10.6. The molecule has 0 aromatic rings. The first-order valence-electron chi connectivity index (χ1n) is 18.5. The molecule has 10 heteroatoms. The van der Waals surface area contributed by atoms with E-state index in [-0.39, 0.29) is 19.6 Å². The molecule has 0 aliphatic heterocycles. The summed E-state index contributed by atoms with van der Waals surface area (Å²) in [5.74, 6) is -3.71. The molecule has 0 saturated carbocycles. The lowest BCUT2D eigenvalue weighted by atomic mass is 9.91. The average Bonchev–Trinajstić information content (AvgIpc) is 3.01. The van der Waals surface area contributed by atoms with E-state index in [0.717, 1.165) is 38.5 Å². The van der Waals surface area contributed by atoms with E-state index in [4.69, 9.17) is 30.6 Å². The number of aliphatic carboxylic acids is 4. The van der Waals surface area contributed by atoms with Crippen LogP contribution in [0.4, 0.5) is 0 Å². The van der Waals surface area contributed by atoms with Gasteiger partial charge in [-0.1, -0.05) is 125 Å². The van der Waals surface area contributed by atoms with Crippen LogP contribution < -0.4 is 0 Å². The summed E-state index contributed by atoms with van der Waals surface area (Å²) in [5.41, 5.74) is 0. The molecular formula is C37H74O10. The Bertz CT molecular complexity index is 643. The van der Waals surface area contributed by atoms with Crippen LogP contribution in [0.25, 0.3) is 0 Å². The number of carbonyl (C=O) groups is 4.